The Bertz CT molecular complexity index is 1580. The van der Waals surface area contributed by atoms with Gasteiger partial charge in [0.05, 0.1) is 30.5 Å². The minimum Gasteiger partial charge on any atom is -0.500 e. The van der Waals surface area contributed by atoms with Crippen LogP contribution in [0.3, 0.4) is 0 Å². The summed E-state index contributed by atoms with van der Waals surface area (Å²) in [6.45, 7) is 0.972. The molecule has 2 aromatic heterocycles. The number of rotatable bonds is 8. The SMILES string of the molecule is COc1cc(/C=N/NC(=O)c2nnn(-c3nonc3N)c2CN2CCCc3ccccc32)cc([N+](=O)[O-])c1O. The minimum atomic E-state index is -0.762. The van der Waals surface area contributed by atoms with Crippen LogP contribution < -0.4 is 20.8 Å². The third-order valence-corrected chi connectivity index (χ3v) is 6.10. The lowest BCUT2D eigenvalue weighted by atomic mass is 10.0. The predicted molar refractivity (Wildman–Crippen MR) is 136 cm³/mol. The molecule has 4 N–H and O–H groups in total. The van der Waals surface area contributed by atoms with Gasteiger partial charge in [-0.3, -0.25) is 14.9 Å². The topological polar surface area (TPSA) is 213 Å². The van der Waals surface area contributed by atoms with Crippen LogP contribution in [0.25, 0.3) is 5.82 Å². The van der Waals surface area contributed by atoms with E-state index in [-0.39, 0.29) is 35.2 Å². The number of aromatic hydroxyl groups is 1. The molecule has 0 aliphatic carbocycles. The molecule has 0 saturated carbocycles. The molecule has 0 saturated heterocycles. The van der Waals surface area contributed by atoms with E-state index in [2.05, 4.69) is 42.1 Å². The molecule has 0 atom stereocenters. The number of phenols is 1. The fraction of sp³-hybridized carbons (Fsp3) is 0.217. The zero-order valence-electron chi connectivity index (χ0n) is 20.5. The Morgan fingerprint density at radius 1 is 1.36 bits per heavy atom. The van der Waals surface area contributed by atoms with Crippen LogP contribution in [0.1, 0.15) is 33.7 Å². The number of phenolic OH excluding ortho intramolecular Hbond substituents is 1. The smallest absolute Gasteiger partial charge is 0.315 e. The molecule has 1 aliphatic rings. The number of aryl methyl sites for hydroxylation is 1. The van der Waals surface area contributed by atoms with Crippen molar-refractivity contribution in [1.82, 2.24) is 30.7 Å². The number of hydrogen-bond acceptors (Lipinski definition) is 13. The largest absolute Gasteiger partial charge is 0.500 e. The second-order valence-electron chi connectivity index (χ2n) is 8.47. The van der Waals surface area contributed by atoms with E-state index in [1.807, 2.05) is 18.2 Å². The molecule has 0 radical (unpaired) electrons. The van der Waals surface area contributed by atoms with Gasteiger partial charge in [-0.05, 0) is 40.9 Å². The number of ether oxygens (including phenoxy) is 1. The second-order valence-corrected chi connectivity index (χ2v) is 8.47. The van der Waals surface area contributed by atoms with Gasteiger partial charge >= 0.3 is 5.69 Å². The second kappa shape index (κ2) is 10.4. The summed E-state index contributed by atoms with van der Waals surface area (Å²) in [5.41, 5.74) is 10.4. The van der Waals surface area contributed by atoms with Crippen molar-refractivity contribution in [3.63, 3.8) is 0 Å². The highest BCUT2D eigenvalue weighted by atomic mass is 16.6. The van der Waals surface area contributed by atoms with Gasteiger partial charge in [-0.1, -0.05) is 23.4 Å². The van der Waals surface area contributed by atoms with E-state index in [0.29, 0.717) is 5.69 Å². The van der Waals surface area contributed by atoms with E-state index >= 15 is 0 Å². The first kappa shape index (κ1) is 25.1. The van der Waals surface area contributed by atoms with E-state index in [1.165, 1.54) is 23.4 Å². The lowest BCUT2D eigenvalue weighted by molar-refractivity contribution is -0.386. The number of hydrazone groups is 1. The summed E-state index contributed by atoms with van der Waals surface area (Å²) in [7, 11) is 1.25. The van der Waals surface area contributed by atoms with Crippen LogP contribution in [-0.4, -0.2) is 61.1 Å². The average molecular weight is 534 g/mol. The number of nitrogens with one attached hydrogen (secondary N) is 1. The van der Waals surface area contributed by atoms with Crippen molar-refractivity contribution in [1.29, 1.82) is 0 Å². The zero-order valence-corrected chi connectivity index (χ0v) is 20.5. The summed E-state index contributed by atoms with van der Waals surface area (Å²) < 4.78 is 11.0. The van der Waals surface area contributed by atoms with Crippen molar-refractivity contribution in [2.75, 3.05) is 24.3 Å². The number of amides is 1. The van der Waals surface area contributed by atoms with Crippen molar-refractivity contribution in [3.05, 3.63) is 69.0 Å². The molecule has 16 nitrogen and oxygen atoms in total. The number of para-hydroxylation sites is 1. The van der Waals surface area contributed by atoms with Gasteiger partial charge in [-0.15, -0.1) is 5.10 Å². The van der Waals surface area contributed by atoms with Gasteiger partial charge in [0, 0.05) is 23.9 Å². The molecule has 0 spiro atoms. The fourth-order valence-electron chi connectivity index (χ4n) is 4.29. The van der Waals surface area contributed by atoms with Crippen molar-refractivity contribution >= 4 is 29.3 Å². The molecular weight excluding hydrogens is 512 g/mol. The first-order valence-corrected chi connectivity index (χ1v) is 11.6. The zero-order chi connectivity index (χ0) is 27.5. The number of nitro benzene ring substituents is 1. The Morgan fingerprint density at radius 3 is 2.92 bits per heavy atom. The molecule has 2 aromatic carbocycles. The Balaban J connectivity index is 1.44. The van der Waals surface area contributed by atoms with Crippen molar-refractivity contribution < 1.29 is 24.2 Å². The van der Waals surface area contributed by atoms with Gasteiger partial charge in [0.25, 0.3) is 5.91 Å². The van der Waals surface area contributed by atoms with Gasteiger partial charge in [-0.2, -0.15) is 9.78 Å². The highest BCUT2D eigenvalue weighted by Gasteiger charge is 2.27. The first-order chi connectivity index (χ1) is 18.9. The molecule has 39 heavy (non-hydrogen) atoms. The maximum Gasteiger partial charge on any atom is 0.315 e. The van der Waals surface area contributed by atoms with Crippen LogP contribution >= 0.6 is 0 Å². The fourth-order valence-corrected chi connectivity index (χ4v) is 4.29. The molecular formula is C23H22N10O6. The Hall–Kier alpha value is -5.54. The molecule has 1 aliphatic heterocycles. The molecule has 16 heteroatoms. The highest BCUT2D eigenvalue weighted by Crippen LogP contribution is 2.36. The monoisotopic (exact) mass is 534 g/mol. The normalized spacial score (nSPS) is 12.9. The number of nitrogens with zero attached hydrogens (tertiary/aromatic N) is 8. The number of fused-ring (bicyclic) bond motifs is 1. The van der Waals surface area contributed by atoms with E-state index in [4.69, 9.17) is 15.1 Å². The van der Waals surface area contributed by atoms with Crippen molar-refractivity contribution in [2.24, 2.45) is 5.10 Å². The molecule has 5 rings (SSSR count). The maximum atomic E-state index is 13.1. The van der Waals surface area contributed by atoms with E-state index < -0.39 is 22.3 Å². The van der Waals surface area contributed by atoms with Crippen LogP contribution in [0.2, 0.25) is 0 Å². The quantitative estimate of drug-likeness (QED) is 0.167. The maximum absolute atomic E-state index is 13.1. The lowest BCUT2D eigenvalue weighted by Crippen LogP contribution is -2.31. The molecule has 1 amide bonds. The molecule has 0 bridgehead atoms. The number of hydrogen-bond donors (Lipinski definition) is 3. The van der Waals surface area contributed by atoms with Gasteiger partial charge in [0.15, 0.2) is 11.4 Å². The van der Waals surface area contributed by atoms with Crippen LogP contribution in [0.15, 0.2) is 46.1 Å². The highest BCUT2D eigenvalue weighted by molar-refractivity contribution is 5.94. The van der Waals surface area contributed by atoms with Crippen LogP contribution in [0.5, 0.6) is 11.5 Å². The van der Waals surface area contributed by atoms with Gasteiger partial charge < -0.3 is 20.5 Å². The number of carbonyl (C=O) groups is 1. The summed E-state index contributed by atoms with van der Waals surface area (Å²) in [4.78, 5) is 25.7. The van der Waals surface area contributed by atoms with Crippen LogP contribution in [0.4, 0.5) is 17.2 Å². The molecule has 0 unspecified atom stereocenters. The molecule has 4 aromatic rings. The summed E-state index contributed by atoms with van der Waals surface area (Å²) in [6.07, 6.45) is 3.02. The van der Waals surface area contributed by atoms with Gasteiger partial charge in [0.1, 0.15) is 0 Å². The number of carbonyl (C=O) groups excluding carboxylic acids is 1. The minimum absolute atomic E-state index is 0.0342. The number of nitrogens with two attached hydrogens (primary N) is 1. The first-order valence-electron chi connectivity index (χ1n) is 11.6. The summed E-state index contributed by atoms with van der Waals surface area (Å²) in [5, 5.41) is 40.5. The number of nitrogen functional groups attached to an aromatic ring is 1. The van der Waals surface area contributed by atoms with Crippen molar-refractivity contribution in [2.45, 2.75) is 19.4 Å². The van der Waals surface area contributed by atoms with E-state index in [0.717, 1.165) is 37.4 Å². The molecule has 3 heterocycles. The Morgan fingerprint density at radius 2 is 2.18 bits per heavy atom. The number of anilines is 2. The number of methoxy groups -OCH3 is 1. The average Bonchev–Trinajstić information content (AvgIpc) is 3.54. The third kappa shape index (κ3) is 4.89. The summed E-state index contributed by atoms with van der Waals surface area (Å²) in [5.74, 6) is -1.40. The summed E-state index contributed by atoms with van der Waals surface area (Å²) in [6, 6.07) is 10.4. The van der Waals surface area contributed by atoms with Crippen LogP contribution in [-0.2, 0) is 13.0 Å². The Labute approximate surface area is 219 Å². The van der Waals surface area contributed by atoms with Gasteiger partial charge in [-0.25, -0.2) is 10.1 Å². The lowest BCUT2D eigenvalue weighted by Gasteiger charge is -2.31. The summed E-state index contributed by atoms with van der Waals surface area (Å²) >= 11 is 0. The molecule has 0 fully saturated rings. The van der Waals surface area contributed by atoms with E-state index in [9.17, 15) is 20.0 Å². The number of benzene rings is 2. The van der Waals surface area contributed by atoms with Crippen LogP contribution in [0, 0.1) is 10.1 Å². The predicted octanol–water partition coefficient (Wildman–Crippen LogP) is 1.57. The number of aromatic nitrogens is 5. The standard InChI is InChI=1S/C23H22N10O6/c1-38-18-10-13(9-16(20(18)34)33(36)37)11-25-27-23(35)19-17(32(30-26-19)22-21(24)28-39-29-22)12-31-8-4-6-14-5-2-3-7-15(14)31/h2-3,5,7,9-11,34H,4,6,8,12H2,1H3,(H2,24,28)(H,27,35)/b25-11+. The van der Waals surface area contributed by atoms with Crippen molar-refractivity contribution in [3.8, 4) is 17.3 Å². The number of nitro groups is 1. The van der Waals surface area contributed by atoms with E-state index in [1.54, 1.807) is 0 Å². The Kier molecular flexibility index (Phi) is 6.73. The molecule has 200 valence electrons. The third-order valence-electron chi connectivity index (χ3n) is 6.10. The van der Waals surface area contributed by atoms with Gasteiger partial charge in [0.2, 0.25) is 17.4 Å².